The third-order valence-electron chi connectivity index (χ3n) is 4.26. The summed E-state index contributed by atoms with van der Waals surface area (Å²) in [6.45, 7) is 5.96. The van der Waals surface area contributed by atoms with Crippen LogP contribution < -0.4 is 10.2 Å². The highest BCUT2D eigenvalue weighted by Crippen LogP contribution is 2.25. The first-order valence-corrected chi connectivity index (χ1v) is 8.08. The molecule has 0 aromatic heterocycles. The van der Waals surface area contributed by atoms with Crippen LogP contribution in [0.4, 0.5) is 5.69 Å². The van der Waals surface area contributed by atoms with E-state index in [2.05, 4.69) is 5.32 Å². The normalized spacial score (nSPS) is 18.6. The molecule has 6 heteroatoms. The minimum Gasteiger partial charge on any atom is -0.467 e. The molecule has 0 aliphatic carbocycles. The lowest BCUT2D eigenvalue weighted by Gasteiger charge is -2.22. The molecule has 2 atom stereocenters. The van der Waals surface area contributed by atoms with Gasteiger partial charge in [-0.1, -0.05) is 31.5 Å². The van der Waals surface area contributed by atoms with Gasteiger partial charge in [-0.3, -0.25) is 9.59 Å². The number of benzene rings is 1. The van der Waals surface area contributed by atoms with Crippen molar-refractivity contribution in [3.8, 4) is 0 Å². The van der Waals surface area contributed by atoms with Crippen LogP contribution in [-0.2, 0) is 19.1 Å². The zero-order chi connectivity index (χ0) is 17.9. The number of methoxy groups -OCH3 is 1. The fourth-order valence-electron chi connectivity index (χ4n) is 2.75. The predicted molar refractivity (Wildman–Crippen MR) is 90.4 cm³/mol. The summed E-state index contributed by atoms with van der Waals surface area (Å²) in [4.78, 5) is 38.1. The van der Waals surface area contributed by atoms with E-state index in [1.807, 2.05) is 45.0 Å². The molecule has 1 fully saturated rings. The maximum atomic E-state index is 12.5. The number of aryl methyl sites for hydroxylation is 1. The average Bonchev–Trinajstić information content (AvgIpc) is 2.94. The summed E-state index contributed by atoms with van der Waals surface area (Å²) in [7, 11) is 1.29. The topological polar surface area (TPSA) is 75.7 Å². The van der Waals surface area contributed by atoms with Crippen molar-refractivity contribution < 1.29 is 19.1 Å². The van der Waals surface area contributed by atoms with Crippen LogP contribution in [0.1, 0.15) is 25.8 Å². The highest BCUT2D eigenvalue weighted by Gasteiger charge is 2.37. The zero-order valence-electron chi connectivity index (χ0n) is 14.5. The summed E-state index contributed by atoms with van der Waals surface area (Å²) in [5, 5.41) is 2.72. The van der Waals surface area contributed by atoms with Gasteiger partial charge in [0.2, 0.25) is 11.8 Å². The van der Waals surface area contributed by atoms with Gasteiger partial charge in [0.1, 0.15) is 6.04 Å². The van der Waals surface area contributed by atoms with E-state index >= 15 is 0 Å². The summed E-state index contributed by atoms with van der Waals surface area (Å²) in [5.74, 6) is -1.41. The number of rotatable bonds is 5. The molecule has 1 N–H and O–H groups in total. The zero-order valence-corrected chi connectivity index (χ0v) is 14.5. The summed E-state index contributed by atoms with van der Waals surface area (Å²) >= 11 is 0. The second-order valence-corrected chi connectivity index (χ2v) is 6.49. The van der Waals surface area contributed by atoms with Crippen molar-refractivity contribution in [3.63, 3.8) is 0 Å². The molecule has 24 heavy (non-hydrogen) atoms. The number of carbonyl (C=O) groups excluding carboxylic acids is 3. The molecular formula is C18H24N2O4. The molecular weight excluding hydrogens is 308 g/mol. The molecule has 2 rings (SSSR count). The van der Waals surface area contributed by atoms with Gasteiger partial charge in [-0.15, -0.1) is 0 Å². The van der Waals surface area contributed by atoms with Crippen LogP contribution in [0.15, 0.2) is 24.3 Å². The van der Waals surface area contributed by atoms with Gasteiger partial charge in [0, 0.05) is 18.7 Å². The summed E-state index contributed by atoms with van der Waals surface area (Å²) in [6.07, 6.45) is 0.145. The lowest BCUT2D eigenvalue weighted by atomic mass is 10.0. The number of anilines is 1. The van der Waals surface area contributed by atoms with Gasteiger partial charge in [0.25, 0.3) is 0 Å². The number of nitrogens with one attached hydrogen (secondary N) is 1. The van der Waals surface area contributed by atoms with Crippen molar-refractivity contribution in [2.24, 2.45) is 11.8 Å². The molecule has 130 valence electrons. The van der Waals surface area contributed by atoms with Gasteiger partial charge in [-0.2, -0.15) is 0 Å². The Labute approximate surface area is 142 Å². The van der Waals surface area contributed by atoms with Crippen molar-refractivity contribution in [1.82, 2.24) is 5.32 Å². The van der Waals surface area contributed by atoms with Gasteiger partial charge in [0.05, 0.1) is 13.0 Å². The van der Waals surface area contributed by atoms with Crippen LogP contribution in [0.25, 0.3) is 0 Å². The molecule has 0 spiro atoms. The van der Waals surface area contributed by atoms with Crippen LogP contribution in [0.3, 0.4) is 0 Å². The lowest BCUT2D eigenvalue weighted by Crippen LogP contribution is -2.47. The van der Waals surface area contributed by atoms with Crippen LogP contribution in [0.2, 0.25) is 0 Å². The lowest BCUT2D eigenvalue weighted by molar-refractivity contribution is -0.146. The highest BCUT2D eigenvalue weighted by molar-refractivity contribution is 6.00. The number of hydrogen-bond donors (Lipinski definition) is 1. The van der Waals surface area contributed by atoms with E-state index in [1.54, 1.807) is 4.90 Å². The first kappa shape index (κ1) is 18.0. The maximum absolute atomic E-state index is 12.5. The Hall–Kier alpha value is -2.37. The molecule has 1 aromatic rings. The number of hydrogen-bond acceptors (Lipinski definition) is 4. The van der Waals surface area contributed by atoms with Crippen LogP contribution >= 0.6 is 0 Å². The van der Waals surface area contributed by atoms with Gasteiger partial charge in [-0.25, -0.2) is 4.79 Å². The third-order valence-corrected chi connectivity index (χ3v) is 4.26. The average molecular weight is 332 g/mol. The van der Waals surface area contributed by atoms with Crippen LogP contribution in [-0.4, -0.2) is 37.5 Å². The van der Waals surface area contributed by atoms with Gasteiger partial charge in [0.15, 0.2) is 0 Å². The van der Waals surface area contributed by atoms with E-state index < -0.39 is 17.9 Å². The first-order chi connectivity index (χ1) is 11.3. The third kappa shape index (κ3) is 3.93. The Balaban J connectivity index is 2.05. The number of nitrogens with zero attached hydrogens (tertiary/aromatic N) is 1. The van der Waals surface area contributed by atoms with Gasteiger partial charge < -0.3 is 15.0 Å². The van der Waals surface area contributed by atoms with E-state index in [0.717, 1.165) is 11.3 Å². The van der Waals surface area contributed by atoms with E-state index in [1.165, 1.54) is 7.11 Å². The minimum atomic E-state index is -0.703. The number of ether oxygens (including phenoxy) is 1. The number of esters is 1. The summed E-state index contributed by atoms with van der Waals surface area (Å²) in [5.41, 5.74) is 1.90. The summed E-state index contributed by atoms with van der Waals surface area (Å²) < 4.78 is 4.73. The first-order valence-electron chi connectivity index (χ1n) is 8.08. The van der Waals surface area contributed by atoms with Gasteiger partial charge in [-0.05, 0) is 25.0 Å². The van der Waals surface area contributed by atoms with E-state index in [9.17, 15) is 14.4 Å². The molecule has 0 saturated carbocycles. The highest BCUT2D eigenvalue weighted by atomic mass is 16.5. The minimum absolute atomic E-state index is 0.0850. The number of amides is 2. The Morgan fingerprint density at radius 1 is 1.25 bits per heavy atom. The maximum Gasteiger partial charge on any atom is 0.328 e. The Morgan fingerprint density at radius 2 is 1.88 bits per heavy atom. The second kappa shape index (κ2) is 7.47. The molecule has 1 aromatic carbocycles. The van der Waals surface area contributed by atoms with Crippen molar-refractivity contribution in [1.29, 1.82) is 0 Å². The molecule has 1 saturated heterocycles. The predicted octanol–water partition coefficient (Wildman–Crippen LogP) is 1.66. The molecule has 1 aliphatic heterocycles. The fourth-order valence-corrected chi connectivity index (χ4v) is 2.75. The fraction of sp³-hybridized carbons (Fsp3) is 0.500. The van der Waals surface area contributed by atoms with Crippen LogP contribution in [0.5, 0.6) is 0 Å². The smallest absolute Gasteiger partial charge is 0.328 e. The van der Waals surface area contributed by atoms with Crippen LogP contribution in [0, 0.1) is 18.8 Å². The molecule has 2 unspecified atom stereocenters. The van der Waals surface area contributed by atoms with Gasteiger partial charge >= 0.3 is 5.97 Å². The molecule has 1 heterocycles. The van der Waals surface area contributed by atoms with Crippen molar-refractivity contribution in [2.75, 3.05) is 18.6 Å². The molecule has 6 nitrogen and oxygen atoms in total. The largest absolute Gasteiger partial charge is 0.467 e. The Bertz CT molecular complexity index is 624. The van der Waals surface area contributed by atoms with E-state index in [0.29, 0.717) is 6.54 Å². The van der Waals surface area contributed by atoms with Crippen molar-refractivity contribution in [3.05, 3.63) is 29.8 Å². The van der Waals surface area contributed by atoms with Crippen molar-refractivity contribution >= 4 is 23.5 Å². The molecule has 2 amide bonds. The Morgan fingerprint density at radius 3 is 2.42 bits per heavy atom. The monoisotopic (exact) mass is 332 g/mol. The quantitative estimate of drug-likeness (QED) is 0.832. The molecule has 1 aliphatic rings. The van der Waals surface area contributed by atoms with E-state index in [4.69, 9.17) is 4.74 Å². The molecule has 0 radical (unpaired) electrons. The second-order valence-electron chi connectivity index (χ2n) is 6.49. The SMILES string of the molecule is COC(=O)C(NC(=O)C1CC(=O)N(c2ccc(C)cc2)C1)C(C)C. The number of carbonyl (C=O) groups is 3. The standard InChI is InChI=1S/C18H24N2O4/c1-11(2)16(18(23)24-4)19-17(22)13-9-15(21)20(10-13)14-7-5-12(3)6-8-14/h5-8,11,13,16H,9-10H2,1-4H3,(H,19,22). The molecule has 0 bridgehead atoms. The van der Waals surface area contributed by atoms with Crippen molar-refractivity contribution in [2.45, 2.75) is 33.2 Å². The summed E-state index contributed by atoms with van der Waals surface area (Å²) in [6, 6.07) is 6.91. The Kier molecular flexibility index (Phi) is 5.59. The van der Waals surface area contributed by atoms with E-state index in [-0.39, 0.29) is 24.2 Å².